The predicted molar refractivity (Wildman–Crippen MR) is 50.9 cm³/mol. The van der Waals surface area contributed by atoms with E-state index in [4.69, 9.17) is 9.47 Å². The van der Waals surface area contributed by atoms with Gasteiger partial charge in [-0.1, -0.05) is 27.7 Å². The zero-order valence-electron chi connectivity index (χ0n) is 8.94. The van der Waals surface area contributed by atoms with Crippen LogP contribution in [0.1, 0.15) is 40.5 Å². The van der Waals surface area contributed by atoms with Gasteiger partial charge in [0, 0.05) is 10.8 Å². The molecule has 2 nitrogen and oxygen atoms in total. The topological polar surface area (TPSA) is 18.5 Å². The van der Waals surface area contributed by atoms with Crippen LogP contribution < -0.4 is 0 Å². The first-order chi connectivity index (χ1) is 5.93. The largest absolute Gasteiger partial charge is 0.458 e. The van der Waals surface area contributed by atoms with Gasteiger partial charge in [0.25, 0.3) is 0 Å². The van der Waals surface area contributed by atoms with Gasteiger partial charge in [-0.2, -0.15) is 0 Å². The predicted octanol–water partition coefficient (Wildman–Crippen LogP) is 3.05. The lowest BCUT2D eigenvalue weighted by Gasteiger charge is -2.37. The van der Waals surface area contributed by atoms with Crippen molar-refractivity contribution in [3.05, 3.63) is 11.5 Å². The average Bonchev–Trinajstić information content (AvgIpc) is 2.48. The van der Waals surface area contributed by atoms with Gasteiger partial charge in [-0.25, -0.2) is 0 Å². The molecule has 0 saturated heterocycles. The summed E-state index contributed by atoms with van der Waals surface area (Å²) in [5.74, 6) is 2.17. The second kappa shape index (κ2) is 2.43. The van der Waals surface area contributed by atoms with Crippen LogP contribution in [0.3, 0.4) is 0 Å². The van der Waals surface area contributed by atoms with E-state index in [-0.39, 0.29) is 10.8 Å². The molecule has 2 heteroatoms. The van der Waals surface area contributed by atoms with Crippen molar-refractivity contribution in [3.8, 4) is 0 Å². The molecule has 0 bridgehead atoms. The zero-order valence-corrected chi connectivity index (χ0v) is 8.94. The Kier molecular flexibility index (Phi) is 1.67. The van der Waals surface area contributed by atoms with Crippen LogP contribution in [0.15, 0.2) is 11.5 Å². The monoisotopic (exact) mass is 182 g/mol. The van der Waals surface area contributed by atoms with E-state index in [0.29, 0.717) is 6.79 Å². The van der Waals surface area contributed by atoms with Gasteiger partial charge >= 0.3 is 0 Å². The summed E-state index contributed by atoms with van der Waals surface area (Å²) in [6, 6.07) is 0. The smallest absolute Gasteiger partial charge is 0.230 e. The number of hydrogen-bond acceptors (Lipinski definition) is 2. The molecule has 13 heavy (non-hydrogen) atoms. The molecule has 74 valence electrons. The third-order valence-corrected chi connectivity index (χ3v) is 3.22. The molecule has 0 fully saturated rings. The minimum atomic E-state index is 0.168. The third-order valence-electron chi connectivity index (χ3n) is 3.22. The summed E-state index contributed by atoms with van der Waals surface area (Å²) in [5, 5.41) is 0. The molecule has 0 spiro atoms. The lowest BCUT2D eigenvalue weighted by atomic mass is 9.70. The molecule has 0 aromatic carbocycles. The van der Waals surface area contributed by atoms with Crippen molar-refractivity contribution < 1.29 is 9.47 Å². The number of allylic oxidation sites excluding steroid dienone is 2. The first-order valence-corrected chi connectivity index (χ1v) is 4.94. The minimum Gasteiger partial charge on any atom is -0.458 e. The highest BCUT2D eigenvalue weighted by molar-refractivity contribution is 5.22. The first-order valence-electron chi connectivity index (χ1n) is 4.94. The van der Waals surface area contributed by atoms with Gasteiger partial charge in [-0.05, 0) is 12.8 Å². The molecule has 0 aromatic rings. The molecular weight excluding hydrogens is 164 g/mol. The Hall–Kier alpha value is -0.660. The number of rotatable bonds is 0. The Balaban J connectivity index is 2.44. The summed E-state index contributed by atoms with van der Waals surface area (Å²) < 4.78 is 11.1. The summed E-state index contributed by atoms with van der Waals surface area (Å²) in [5.41, 5.74) is 0.336. The van der Waals surface area contributed by atoms with E-state index in [1.54, 1.807) is 0 Å². The van der Waals surface area contributed by atoms with Gasteiger partial charge < -0.3 is 9.47 Å². The molecule has 0 atom stereocenters. The molecule has 0 unspecified atom stereocenters. The van der Waals surface area contributed by atoms with Crippen molar-refractivity contribution in [2.24, 2.45) is 10.8 Å². The molecule has 0 N–H and O–H groups in total. The second-order valence-corrected chi connectivity index (χ2v) is 5.33. The van der Waals surface area contributed by atoms with Crippen LogP contribution >= 0.6 is 0 Å². The molecule has 1 heterocycles. The maximum Gasteiger partial charge on any atom is 0.230 e. The van der Waals surface area contributed by atoms with E-state index < -0.39 is 0 Å². The number of ether oxygens (including phenoxy) is 2. The van der Waals surface area contributed by atoms with E-state index in [0.717, 1.165) is 11.5 Å². The lowest BCUT2D eigenvalue weighted by molar-refractivity contribution is 0.0506. The van der Waals surface area contributed by atoms with Crippen molar-refractivity contribution in [2.45, 2.75) is 40.5 Å². The van der Waals surface area contributed by atoms with Gasteiger partial charge in [0.15, 0.2) is 0 Å². The van der Waals surface area contributed by atoms with Crippen molar-refractivity contribution in [1.82, 2.24) is 0 Å². The van der Waals surface area contributed by atoms with Crippen LogP contribution in [-0.2, 0) is 9.47 Å². The number of hydrogen-bond donors (Lipinski definition) is 0. The molecule has 2 rings (SSSR count). The van der Waals surface area contributed by atoms with E-state index in [9.17, 15) is 0 Å². The Bertz CT molecular complexity index is 235. The molecule has 1 aliphatic carbocycles. The van der Waals surface area contributed by atoms with Crippen molar-refractivity contribution >= 4 is 0 Å². The summed E-state index contributed by atoms with van der Waals surface area (Å²) in [7, 11) is 0. The Morgan fingerprint density at radius 3 is 1.62 bits per heavy atom. The fourth-order valence-electron chi connectivity index (χ4n) is 2.14. The molecule has 1 aliphatic heterocycles. The maximum absolute atomic E-state index is 5.57. The van der Waals surface area contributed by atoms with Gasteiger partial charge in [-0.3, -0.25) is 0 Å². The quantitative estimate of drug-likeness (QED) is 0.573. The normalized spacial score (nSPS) is 29.2. The molecule has 0 aromatic heterocycles. The summed E-state index contributed by atoms with van der Waals surface area (Å²) in [6.07, 6.45) is 2.37. The van der Waals surface area contributed by atoms with E-state index in [1.807, 2.05) is 0 Å². The Morgan fingerprint density at radius 1 is 0.846 bits per heavy atom. The van der Waals surface area contributed by atoms with Crippen LogP contribution in [0.2, 0.25) is 0 Å². The van der Waals surface area contributed by atoms with Gasteiger partial charge in [0.05, 0.1) is 0 Å². The maximum atomic E-state index is 5.57. The first kappa shape index (κ1) is 8.92. The fourth-order valence-corrected chi connectivity index (χ4v) is 2.14. The molecular formula is C11H18O2. The zero-order chi connectivity index (χ0) is 9.69. The Morgan fingerprint density at radius 2 is 1.23 bits per heavy atom. The van der Waals surface area contributed by atoms with Gasteiger partial charge in [0.1, 0.15) is 11.5 Å². The molecule has 0 saturated carbocycles. The van der Waals surface area contributed by atoms with Crippen LogP contribution in [0.5, 0.6) is 0 Å². The lowest BCUT2D eigenvalue weighted by Crippen LogP contribution is -2.29. The highest BCUT2D eigenvalue weighted by atomic mass is 16.7. The van der Waals surface area contributed by atoms with Crippen LogP contribution in [0.25, 0.3) is 0 Å². The SMILES string of the molecule is CC1(C)CCC(C)(C)C2=C1OCO2. The van der Waals surface area contributed by atoms with E-state index in [1.165, 1.54) is 12.8 Å². The standard InChI is InChI=1S/C11H18O2/c1-10(2)5-6-11(3,4)9-8(10)12-7-13-9/h5-7H2,1-4H3. The van der Waals surface area contributed by atoms with Crippen molar-refractivity contribution in [1.29, 1.82) is 0 Å². The van der Waals surface area contributed by atoms with Crippen LogP contribution in [-0.4, -0.2) is 6.79 Å². The summed E-state index contributed by atoms with van der Waals surface area (Å²) in [6.45, 7) is 9.33. The van der Waals surface area contributed by atoms with Crippen molar-refractivity contribution in [3.63, 3.8) is 0 Å². The van der Waals surface area contributed by atoms with Gasteiger partial charge in [-0.15, -0.1) is 0 Å². The van der Waals surface area contributed by atoms with E-state index in [2.05, 4.69) is 27.7 Å². The minimum absolute atomic E-state index is 0.168. The third kappa shape index (κ3) is 1.23. The van der Waals surface area contributed by atoms with Crippen molar-refractivity contribution in [2.75, 3.05) is 6.79 Å². The average molecular weight is 182 g/mol. The molecule has 2 aliphatic rings. The highest BCUT2D eigenvalue weighted by Crippen LogP contribution is 2.51. The fraction of sp³-hybridized carbons (Fsp3) is 0.818. The summed E-state index contributed by atoms with van der Waals surface area (Å²) in [4.78, 5) is 0. The summed E-state index contributed by atoms with van der Waals surface area (Å²) >= 11 is 0. The Labute approximate surface area is 79.9 Å². The second-order valence-electron chi connectivity index (χ2n) is 5.33. The van der Waals surface area contributed by atoms with Crippen LogP contribution in [0, 0.1) is 10.8 Å². The van der Waals surface area contributed by atoms with Crippen LogP contribution in [0.4, 0.5) is 0 Å². The van der Waals surface area contributed by atoms with E-state index >= 15 is 0 Å². The van der Waals surface area contributed by atoms with Gasteiger partial charge in [0.2, 0.25) is 6.79 Å². The highest BCUT2D eigenvalue weighted by Gasteiger charge is 2.44. The molecule has 0 radical (unpaired) electrons. The molecule has 0 amide bonds.